The fourth-order valence-electron chi connectivity index (χ4n) is 1.82. The molecule has 7 heteroatoms. The van der Waals surface area contributed by atoms with Crippen LogP contribution in [0.15, 0.2) is 42.6 Å². The third-order valence-electron chi connectivity index (χ3n) is 2.89. The number of anilines is 1. The first kappa shape index (κ1) is 16.8. The topological polar surface area (TPSA) is 80.3 Å². The summed E-state index contributed by atoms with van der Waals surface area (Å²) in [5, 5.41) is 5.73. The number of halogens is 1. The Morgan fingerprint density at radius 1 is 1.26 bits per heavy atom. The zero-order chi connectivity index (χ0) is 16.7. The van der Waals surface area contributed by atoms with Gasteiger partial charge >= 0.3 is 6.09 Å². The molecule has 120 valence electrons. The smallest absolute Gasteiger partial charge is 0.407 e. The van der Waals surface area contributed by atoms with E-state index in [1.165, 1.54) is 6.20 Å². The van der Waals surface area contributed by atoms with Crippen molar-refractivity contribution in [2.75, 3.05) is 11.9 Å². The van der Waals surface area contributed by atoms with Gasteiger partial charge in [0.1, 0.15) is 0 Å². The quantitative estimate of drug-likeness (QED) is 0.880. The summed E-state index contributed by atoms with van der Waals surface area (Å²) in [6.07, 6.45) is 0.976. The van der Waals surface area contributed by atoms with E-state index in [0.717, 1.165) is 0 Å². The highest BCUT2D eigenvalue weighted by molar-refractivity contribution is 6.33. The van der Waals surface area contributed by atoms with Crippen LogP contribution in [0.5, 0.6) is 0 Å². The lowest BCUT2D eigenvalue weighted by Crippen LogP contribution is -2.24. The molecule has 0 atom stereocenters. The lowest BCUT2D eigenvalue weighted by Gasteiger charge is -2.08. The van der Waals surface area contributed by atoms with Crippen LogP contribution in [0.2, 0.25) is 5.02 Å². The molecule has 0 bridgehead atoms. The van der Waals surface area contributed by atoms with E-state index in [0.29, 0.717) is 28.6 Å². The molecule has 0 fully saturated rings. The molecular weight excluding hydrogens is 318 g/mol. The molecule has 0 aliphatic rings. The highest BCUT2D eigenvalue weighted by atomic mass is 35.5. The number of para-hydroxylation sites is 1. The number of aromatic nitrogens is 1. The third kappa shape index (κ3) is 4.96. The molecule has 0 saturated heterocycles. The van der Waals surface area contributed by atoms with Crippen LogP contribution in [0.25, 0.3) is 0 Å². The molecule has 2 aromatic rings. The van der Waals surface area contributed by atoms with Gasteiger partial charge in [-0.15, -0.1) is 0 Å². The fourth-order valence-corrected chi connectivity index (χ4v) is 2.00. The fraction of sp³-hybridized carbons (Fsp3) is 0.188. The zero-order valence-electron chi connectivity index (χ0n) is 12.5. The van der Waals surface area contributed by atoms with Crippen molar-refractivity contribution in [3.05, 3.63) is 58.9 Å². The van der Waals surface area contributed by atoms with Crippen LogP contribution < -0.4 is 10.6 Å². The van der Waals surface area contributed by atoms with Gasteiger partial charge in [0.2, 0.25) is 0 Å². The molecule has 0 unspecified atom stereocenters. The summed E-state index contributed by atoms with van der Waals surface area (Å²) in [4.78, 5) is 27.6. The average molecular weight is 334 g/mol. The predicted octanol–water partition coefficient (Wildman–Crippen LogP) is 3.23. The first-order chi connectivity index (χ1) is 11.1. The van der Waals surface area contributed by atoms with Gasteiger partial charge in [0, 0.05) is 11.8 Å². The number of hydrogen-bond donors (Lipinski definition) is 2. The molecule has 0 radical (unpaired) electrons. The number of hydrogen-bond acceptors (Lipinski definition) is 4. The molecule has 2 N–H and O–H groups in total. The van der Waals surface area contributed by atoms with Crippen molar-refractivity contribution in [1.82, 2.24) is 10.3 Å². The molecule has 1 heterocycles. The van der Waals surface area contributed by atoms with Crippen molar-refractivity contribution in [2.45, 2.75) is 13.5 Å². The molecule has 23 heavy (non-hydrogen) atoms. The van der Waals surface area contributed by atoms with Gasteiger partial charge < -0.3 is 15.4 Å². The first-order valence-electron chi connectivity index (χ1n) is 7.01. The Morgan fingerprint density at radius 2 is 2.04 bits per heavy atom. The number of pyridine rings is 1. The van der Waals surface area contributed by atoms with E-state index in [1.807, 2.05) is 0 Å². The van der Waals surface area contributed by atoms with Gasteiger partial charge in [-0.3, -0.25) is 9.78 Å². The number of carbonyl (C=O) groups excluding carboxylic acids is 2. The molecule has 0 aliphatic carbocycles. The Hall–Kier alpha value is -2.60. The van der Waals surface area contributed by atoms with Crippen LogP contribution in [0.4, 0.5) is 10.5 Å². The summed E-state index contributed by atoms with van der Waals surface area (Å²) >= 11 is 6.01. The van der Waals surface area contributed by atoms with Gasteiger partial charge in [-0.2, -0.15) is 0 Å². The van der Waals surface area contributed by atoms with Crippen LogP contribution >= 0.6 is 11.6 Å². The molecule has 1 aromatic carbocycles. The predicted molar refractivity (Wildman–Crippen MR) is 87.5 cm³/mol. The van der Waals surface area contributed by atoms with Crippen molar-refractivity contribution >= 4 is 29.3 Å². The largest absolute Gasteiger partial charge is 0.450 e. The van der Waals surface area contributed by atoms with Crippen LogP contribution in [-0.4, -0.2) is 23.6 Å². The number of ether oxygens (including phenoxy) is 1. The molecule has 0 saturated carbocycles. The van der Waals surface area contributed by atoms with E-state index in [2.05, 4.69) is 15.6 Å². The summed E-state index contributed by atoms with van der Waals surface area (Å²) in [6.45, 7) is 2.18. The highest BCUT2D eigenvalue weighted by Gasteiger charge is 2.10. The van der Waals surface area contributed by atoms with E-state index < -0.39 is 6.09 Å². The van der Waals surface area contributed by atoms with E-state index in [9.17, 15) is 9.59 Å². The van der Waals surface area contributed by atoms with Crippen molar-refractivity contribution in [3.63, 3.8) is 0 Å². The highest BCUT2D eigenvalue weighted by Crippen LogP contribution is 2.21. The van der Waals surface area contributed by atoms with Gasteiger partial charge in [0.15, 0.2) is 0 Å². The van der Waals surface area contributed by atoms with Crippen molar-refractivity contribution in [1.29, 1.82) is 0 Å². The molecular formula is C16H16ClN3O3. The third-order valence-corrected chi connectivity index (χ3v) is 3.22. The standard InChI is InChI=1S/C16H16ClN3O3/c1-2-23-16(22)19-10-12-9-11(7-8-18-12)15(21)20-14-6-4-3-5-13(14)17/h3-9H,2,10H2,1H3,(H,19,22)(H,20,21). The van der Waals surface area contributed by atoms with Crippen LogP contribution in [-0.2, 0) is 11.3 Å². The minimum Gasteiger partial charge on any atom is -0.450 e. The second kappa shape index (κ2) is 8.14. The monoisotopic (exact) mass is 333 g/mol. The summed E-state index contributed by atoms with van der Waals surface area (Å²) in [5.41, 5.74) is 1.49. The number of amides is 2. The number of nitrogens with zero attached hydrogens (tertiary/aromatic N) is 1. The molecule has 0 aliphatic heterocycles. The lowest BCUT2D eigenvalue weighted by atomic mass is 10.2. The maximum atomic E-state index is 12.2. The van der Waals surface area contributed by atoms with Gasteiger partial charge in [0.05, 0.1) is 29.6 Å². The SMILES string of the molecule is CCOC(=O)NCc1cc(C(=O)Nc2ccccc2Cl)ccn1. The van der Waals surface area contributed by atoms with Gasteiger partial charge in [-0.05, 0) is 31.2 Å². The second-order valence-corrected chi connectivity index (χ2v) is 4.95. The van der Waals surface area contributed by atoms with Gasteiger partial charge in [-0.25, -0.2) is 4.79 Å². The number of nitrogens with one attached hydrogen (secondary N) is 2. The normalized spacial score (nSPS) is 10.0. The van der Waals surface area contributed by atoms with Gasteiger partial charge in [0.25, 0.3) is 5.91 Å². The average Bonchev–Trinajstić information content (AvgIpc) is 2.55. The Balaban J connectivity index is 2.02. The lowest BCUT2D eigenvalue weighted by molar-refractivity contribution is 0.102. The maximum Gasteiger partial charge on any atom is 0.407 e. The molecule has 0 spiro atoms. The number of carbonyl (C=O) groups is 2. The molecule has 1 aromatic heterocycles. The van der Waals surface area contributed by atoms with Crippen LogP contribution in [0, 0.1) is 0 Å². The summed E-state index contributed by atoms with van der Waals surface area (Å²) in [6, 6.07) is 10.1. The molecule has 2 rings (SSSR count). The zero-order valence-corrected chi connectivity index (χ0v) is 13.3. The first-order valence-corrected chi connectivity index (χ1v) is 7.39. The van der Waals surface area contributed by atoms with E-state index in [1.54, 1.807) is 43.3 Å². The van der Waals surface area contributed by atoms with E-state index in [4.69, 9.17) is 16.3 Å². The minimum atomic E-state index is -0.528. The minimum absolute atomic E-state index is 0.173. The number of alkyl carbamates (subject to hydrolysis) is 1. The Morgan fingerprint density at radius 3 is 2.78 bits per heavy atom. The molecule has 2 amide bonds. The number of benzene rings is 1. The van der Waals surface area contributed by atoms with Crippen LogP contribution in [0.3, 0.4) is 0 Å². The van der Waals surface area contributed by atoms with Crippen molar-refractivity contribution in [2.24, 2.45) is 0 Å². The van der Waals surface area contributed by atoms with E-state index in [-0.39, 0.29) is 12.5 Å². The number of rotatable bonds is 5. The summed E-state index contributed by atoms with van der Waals surface area (Å²) in [7, 11) is 0. The maximum absolute atomic E-state index is 12.2. The Labute approximate surface area is 138 Å². The summed E-state index contributed by atoms with van der Waals surface area (Å²) in [5.74, 6) is -0.308. The molecule has 6 nitrogen and oxygen atoms in total. The van der Waals surface area contributed by atoms with E-state index >= 15 is 0 Å². The van der Waals surface area contributed by atoms with Gasteiger partial charge in [-0.1, -0.05) is 23.7 Å². The van der Waals surface area contributed by atoms with Crippen molar-refractivity contribution < 1.29 is 14.3 Å². The summed E-state index contributed by atoms with van der Waals surface area (Å²) < 4.78 is 4.76. The van der Waals surface area contributed by atoms with Crippen LogP contribution in [0.1, 0.15) is 23.0 Å². The second-order valence-electron chi connectivity index (χ2n) is 4.54. The van der Waals surface area contributed by atoms with Crippen molar-refractivity contribution in [3.8, 4) is 0 Å². The Kier molecular flexibility index (Phi) is 5.94. The Bertz CT molecular complexity index is 706.